The molecule has 2 aromatic carbocycles. The van der Waals surface area contributed by atoms with Gasteiger partial charge in [0, 0.05) is 28.9 Å². The molecular weight excluding hydrogens is 429 g/mol. The minimum atomic E-state index is -0.0775. The summed E-state index contributed by atoms with van der Waals surface area (Å²) in [5.41, 5.74) is 1.96. The molecule has 0 unspecified atom stereocenters. The van der Waals surface area contributed by atoms with Crippen LogP contribution in [0.5, 0.6) is 5.75 Å². The van der Waals surface area contributed by atoms with Crippen LogP contribution in [-0.4, -0.2) is 34.2 Å². The maximum atomic E-state index is 12.3. The van der Waals surface area contributed by atoms with Crippen molar-refractivity contribution in [2.45, 2.75) is 6.54 Å². The second-order valence-electron chi connectivity index (χ2n) is 5.62. The van der Waals surface area contributed by atoms with Crippen LogP contribution in [0.25, 0.3) is 5.69 Å². The number of halogens is 1. The van der Waals surface area contributed by atoms with Crippen molar-refractivity contribution in [2.24, 2.45) is 0 Å². The molecule has 0 saturated heterocycles. The Bertz CT molecular complexity index is 849. The molecule has 0 aliphatic carbocycles. The summed E-state index contributed by atoms with van der Waals surface area (Å²) in [6.07, 6.45) is 3.71. The predicted molar refractivity (Wildman–Crippen MR) is 105 cm³/mol. The van der Waals surface area contributed by atoms with Crippen LogP contribution in [0.3, 0.4) is 0 Å². The molecule has 6 heteroatoms. The van der Waals surface area contributed by atoms with Crippen molar-refractivity contribution in [1.29, 1.82) is 0 Å². The molecule has 0 bridgehead atoms. The van der Waals surface area contributed by atoms with Crippen LogP contribution < -0.4 is 4.74 Å². The minimum Gasteiger partial charge on any atom is -0.484 e. The van der Waals surface area contributed by atoms with Crippen molar-refractivity contribution in [3.05, 3.63) is 76.1 Å². The molecule has 5 nitrogen and oxygen atoms in total. The minimum absolute atomic E-state index is 0.0173. The number of hydrogen-bond donors (Lipinski definition) is 0. The zero-order valence-corrected chi connectivity index (χ0v) is 16.0. The van der Waals surface area contributed by atoms with Gasteiger partial charge in [-0.3, -0.25) is 4.79 Å². The highest BCUT2D eigenvalue weighted by atomic mass is 127. The lowest BCUT2D eigenvalue weighted by Crippen LogP contribution is -2.30. The Labute approximate surface area is 160 Å². The highest BCUT2D eigenvalue weighted by Gasteiger charge is 2.12. The van der Waals surface area contributed by atoms with Gasteiger partial charge in [0.15, 0.2) is 6.61 Å². The van der Waals surface area contributed by atoms with Crippen molar-refractivity contribution in [1.82, 2.24) is 14.7 Å². The zero-order chi connectivity index (χ0) is 17.6. The first kappa shape index (κ1) is 17.5. The normalized spacial score (nSPS) is 10.5. The predicted octanol–water partition coefficient (Wildman–Crippen LogP) is 3.51. The molecule has 0 aliphatic rings. The number of aromatic nitrogens is 2. The van der Waals surface area contributed by atoms with E-state index >= 15 is 0 Å². The molecule has 1 heterocycles. The van der Waals surface area contributed by atoms with Gasteiger partial charge in [-0.15, -0.1) is 0 Å². The molecule has 128 valence electrons. The van der Waals surface area contributed by atoms with Crippen molar-refractivity contribution in [3.63, 3.8) is 0 Å². The Morgan fingerprint density at radius 3 is 2.76 bits per heavy atom. The van der Waals surface area contributed by atoms with Gasteiger partial charge in [0.05, 0.1) is 11.9 Å². The fraction of sp³-hybridized carbons (Fsp3) is 0.158. The van der Waals surface area contributed by atoms with Gasteiger partial charge in [0.25, 0.3) is 5.91 Å². The average Bonchev–Trinajstić information content (AvgIpc) is 3.09. The Morgan fingerprint density at radius 1 is 1.20 bits per heavy atom. The number of amides is 1. The number of carbonyl (C=O) groups is 1. The Morgan fingerprint density at radius 2 is 2.00 bits per heavy atom. The van der Waals surface area contributed by atoms with Gasteiger partial charge in [-0.05, 0) is 52.9 Å². The molecule has 1 amide bonds. The van der Waals surface area contributed by atoms with E-state index in [4.69, 9.17) is 4.74 Å². The standard InChI is InChI=1S/C19H18IN3O2/c1-22(19(24)14-25-18-9-5-6-16(20)10-18)12-15-11-21-23(13-15)17-7-3-2-4-8-17/h2-11,13H,12,14H2,1H3. The first-order valence-corrected chi connectivity index (χ1v) is 8.91. The fourth-order valence-electron chi connectivity index (χ4n) is 2.34. The Hall–Kier alpha value is -2.35. The molecule has 3 rings (SSSR count). The quantitative estimate of drug-likeness (QED) is 0.544. The van der Waals surface area contributed by atoms with E-state index in [1.54, 1.807) is 22.8 Å². The Balaban J connectivity index is 1.56. The van der Waals surface area contributed by atoms with Gasteiger partial charge in [0.1, 0.15) is 5.75 Å². The van der Waals surface area contributed by atoms with Crippen LogP contribution in [0.15, 0.2) is 67.0 Å². The van der Waals surface area contributed by atoms with E-state index in [0.717, 1.165) is 14.8 Å². The monoisotopic (exact) mass is 447 g/mol. The van der Waals surface area contributed by atoms with Gasteiger partial charge < -0.3 is 9.64 Å². The summed E-state index contributed by atoms with van der Waals surface area (Å²) < 4.78 is 8.44. The summed E-state index contributed by atoms with van der Waals surface area (Å²) >= 11 is 2.21. The van der Waals surface area contributed by atoms with Gasteiger partial charge in [0.2, 0.25) is 0 Å². The Kier molecular flexibility index (Phi) is 5.70. The highest BCUT2D eigenvalue weighted by molar-refractivity contribution is 14.1. The number of hydrogen-bond acceptors (Lipinski definition) is 3. The average molecular weight is 447 g/mol. The van der Waals surface area contributed by atoms with Crippen molar-refractivity contribution in [2.75, 3.05) is 13.7 Å². The smallest absolute Gasteiger partial charge is 0.260 e. The maximum absolute atomic E-state index is 12.3. The number of ether oxygens (including phenoxy) is 1. The molecular formula is C19H18IN3O2. The summed E-state index contributed by atoms with van der Waals surface area (Å²) in [6.45, 7) is 0.505. The van der Waals surface area contributed by atoms with Crippen LogP contribution >= 0.6 is 22.6 Å². The zero-order valence-electron chi connectivity index (χ0n) is 13.8. The number of likely N-dealkylation sites (N-methyl/N-ethyl adjacent to an activating group) is 1. The molecule has 0 fully saturated rings. The topological polar surface area (TPSA) is 47.4 Å². The van der Waals surface area contributed by atoms with Crippen LogP contribution in [0.1, 0.15) is 5.56 Å². The molecule has 0 spiro atoms. The third-order valence-electron chi connectivity index (χ3n) is 3.66. The number of benzene rings is 2. The largest absolute Gasteiger partial charge is 0.484 e. The summed E-state index contributed by atoms with van der Waals surface area (Å²) in [4.78, 5) is 13.9. The molecule has 0 saturated carbocycles. The summed E-state index contributed by atoms with van der Waals surface area (Å²) in [7, 11) is 1.76. The number of carbonyl (C=O) groups excluding carboxylic acids is 1. The number of para-hydroxylation sites is 1. The van der Waals surface area contributed by atoms with E-state index in [1.165, 1.54) is 0 Å². The molecule has 0 N–H and O–H groups in total. The number of rotatable bonds is 6. The summed E-state index contributed by atoms with van der Waals surface area (Å²) in [6, 6.07) is 17.5. The van der Waals surface area contributed by atoms with E-state index in [1.807, 2.05) is 60.8 Å². The molecule has 25 heavy (non-hydrogen) atoms. The van der Waals surface area contributed by atoms with E-state index in [2.05, 4.69) is 27.7 Å². The SMILES string of the molecule is CN(Cc1cnn(-c2ccccc2)c1)C(=O)COc1cccc(I)c1. The first-order chi connectivity index (χ1) is 12.1. The van der Waals surface area contributed by atoms with Gasteiger partial charge in [-0.1, -0.05) is 24.3 Å². The van der Waals surface area contributed by atoms with Gasteiger partial charge in [-0.25, -0.2) is 4.68 Å². The van der Waals surface area contributed by atoms with Crippen LogP contribution in [0.4, 0.5) is 0 Å². The molecule has 0 atom stereocenters. The van der Waals surface area contributed by atoms with Crippen molar-refractivity contribution >= 4 is 28.5 Å². The lowest BCUT2D eigenvalue weighted by atomic mass is 10.3. The molecule has 0 aliphatic heterocycles. The molecule has 0 radical (unpaired) electrons. The maximum Gasteiger partial charge on any atom is 0.260 e. The van der Waals surface area contributed by atoms with Crippen LogP contribution in [0, 0.1) is 3.57 Å². The first-order valence-electron chi connectivity index (χ1n) is 7.83. The fourth-order valence-corrected chi connectivity index (χ4v) is 2.85. The third kappa shape index (κ3) is 4.82. The van der Waals surface area contributed by atoms with Gasteiger partial charge >= 0.3 is 0 Å². The van der Waals surface area contributed by atoms with Gasteiger partial charge in [-0.2, -0.15) is 5.10 Å². The van der Waals surface area contributed by atoms with E-state index in [9.17, 15) is 4.79 Å². The van der Waals surface area contributed by atoms with Crippen LogP contribution in [-0.2, 0) is 11.3 Å². The molecule has 3 aromatic rings. The van der Waals surface area contributed by atoms with E-state index < -0.39 is 0 Å². The lowest BCUT2D eigenvalue weighted by Gasteiger charge is -2.16. The summed E-state index contributed by atoms with van der Waals surface area (Å²) in [5, 5.41) is 4.35. The second kappa shape index (κ2) is 8.15. The van der Waals surface area contributed by atoms with Crippen molar-refractivity contribution in [3.8, 4) is 11.4 Å². The van der Waals surface area contributed by atoms with Crippen LogP contribution in [0.2, 0.25) is 0 Å². The number of nitrogens with zero attached hydrogens (tertiary/aromatic N) is 3. The van der Waals surface area contributed by atoms with E-state index in [0.29, 0.717) is 12.3 Å². The second-order valence-corrected chi connectivity index (χ2v) is 6.87. The summed E-state index contributed by atoms with van der Waals surface area (Å²) in [5.74, 6) is 0.622. The molecule has 1 aromatic heterocycles. The van der Waals surface area contributed by atoms with E-state index in [-0.39, 0.29) is 12.5 Å². The third-order valence-corrected chi connectivity index (χ3v) is 4.33. The highest BCUT2D eigenvalue weighted by Crippen LogP contribution is 2.15. The lowest BCUT2D eigenvalue weighted by molar-refractivity contribution is -0.132. The van der Waals surface area contributed by atoms with Crippen molar-refractivity contribution < 1.29 is 9.53 Å².